The number of rotatable bonds is 5. The Balaban J connectivity index is 1.94. The Morgan fingerprint density at radius 1 is 1.23 bits per heavy atom. The number of benzene rings is 1. The second-order valence-electron chi connectivity index (χ2n) is 5.33. The minimum atomic E-state index is -0.292. The van der Waals surface area contributed by atoms with Gasteiger partial charge in [-0.1, -0.05) is 29.8 Å². The van der Waals surface area contributed by atoms with Crippen LogP contribution in [0.15, 0.2) is 42.6 Å². The molecule has 1 heterocycles. The Kier molecular flexibility index (Phi) is 5.43. The van der Waals surface area contributed by atoms with Crippen molar-refractivity contribution in [2.24, 2.45) is 0 Å². The largest absolute Gasteiger partial charge is 0.336 e. The number of aryl methyl sites for hydroxylation is 1. The van der Waals surface area contributed by atoms with Crippen LogP contribution in [0.25, 0.3) is 0 Å². The van der Waals surface area contributed by atoms with Crippen LogP contribution in [0.3, 0.4) is 0 Å². The van der Waals surface area contributed by atoms with Gasteiger partial charge in [-0.25, -0.2) is 4.79 Å². The van der Waals surface area contributed by atoms with Gasteiger partial charge in [-0.2, -0.15) is 5.10 Å². The summed E-state index contributed by atoms with van der Waals surface area (Å²) >= 11 is 0. The Hall–Kier alpha value is -2.47. The van der Waals surface area contributed by atoms with E-state index in [1.165, 1.54) is 5.56 Å². The molecule has 0 radical (unpaired) electrons. The number of likely N-dealkylation sites (N-methyl/N-ethyl adjacent to an activating group) is 1. The number of hydrogen-bond donors (Lipinski definition) is 2. The van der Waals surface area contributed by atoms with E-state index in [1.54, 1.807) is 18.3 Å². The van der Waals surface area contributed by atoms with Crippen LogP contribution in [-0.4, -0.2) is 41.8 Å². The van der Waals surface area contributed by atoms with Gasteiger partial charge >= 0.3 is 6.03 Å². The molecular formula is C16H21N5O. The van der Waals surface area contributed by atoms with Gasteiger partial charge in [0.25, 0.3) is 0 Å². The Bertz CT molecular complexity index is 598. The third-order valence-electron chi connectivity index (χ3n) is 3.36. The number of nitrogens with one attached hydrogen (secondary N) is 2. The highest BCUT2D eigenvalue weighted by Crippen LogP contribution is 2.17. The van der Waals surface area contributed by atoms with Gasteiger partial charge in [0.1, 0.15) is 0 Å². The molecule has 1 aromatic carbocycles. The van der Waals surface area contributed by atoms with E-state index in [-0.39, 0.29) is 12.1 Å². The van der Waals surface area contributed by atoms with Gasteiger partial charge in [-0.15, -0.1) is 5.10 Å². The topological polar surface area (TPSA) is 70.1 Å². The summed E-state index contributed by atoms with van der Waals surface area (Å²) < 4.78 is 0. The lowest BCUT2D eigenvalue weighted by Crippen LogP contribution is -2.37. The summed E-state index contributed by atoms with van der Waals surface area (Å²) in [4.78, 5) is 14.0. The van der Waals surface area contributed by atoms with Crippen LogP contribution in [-0.2, 0) is 0 Å². The minimum absolute atomic E-state index is 0.105. The van der Waals surface area contributed by atoms with E-state index in [9.17, 15) is 4.79 Å². The summed E-state index contributed by atoms with van der Waals surface area (Å²) in [7, 11) is 3.99. The zero-order valence-corrected chi connectivity index (χ0v) is 13.1. The number of carbonyl (C=O) groups excluding carboxylic acids is 1. The van der Waals surface area contributed by atoms with Crippen molar-refractivity contribution in [2.45, 2.75) is 13.0 Å². The summed E-state index contributed by atoms with van der Waals surface area (Å²) in [6, 6.07) is 11.5. The average Bonchev–Trinajstić information content (AvgIpc) is 2.50. The normalized spacial score (nSPS) is 12.0. The lowest BCUT2D eigenvalue weighted by atomic mass is 10.0. The maximum atomic E-state index is 11.9. The third-order valence-corrected chi connectivity index (χ3v) is 3.36. The number of urea groups is 1. The van der Waals surface area contributed by atoms with Gasteiger partial charge in [0.05, 0.1) is 6.04 Å². The van der Waals surface area contributed by atoms with Crippen LogP contribution in [0.2, 0.25) is 0 Å². The molecule has 0 aliphatic rings. The zero-order valence-electron chi connectivity index (χ0n) is 13.1. The fourth-order valence-corrected chi connectivity index (χ4v) is 2.11. The minimum Gasteiger partial charge on any atom is -0.336 e. The van der Waals surface area contributed by atoms with Gasteiger partial charge in [-0.05, 0) is 38.7 Å². The molecule has 6 nitrogen and oxygen atoms in total. The lowest BCUT2D eigenvalue weighted by Gasteiger charge is -2.25. The number of hydrogen-bond acceptors (Lipinski definition) is 4. The summed E-state index contributed by atoms with van der Waals surface area (Å²) in [5, 5.41) is 13.1. The van der Waals surface area contributed by atoms with Gasteiger partial charge in [0.2, 0.25) is 0 Å². The molecule has 2 N–H and O–H groups in total. The van der Waals surface area contributed by atoms with Crippen molar-refractivity contribution >= 4 is 11.8 Å². The summed E-state index contributed by atoms with van der Waals surface area (Å²) in [6.45, 7) is 2.56. The van der Waals surface area contributed by atoms with Crippen LogP contribution < -0.4 is 10.6 Å². The van der Waals surface area contributed by atoms with E-state index in [0.717, 1.165) is 5.56 Å². The SMILES string of the molecule is Cc1ccc(C(CNC(=O)Nc2cccnn2)N(C)C)cc1. The molecule has 2 rings (SSSR count). The fourth-order valence-electron chi connectivity index (χ4n) is 2.11. The molecule has 116 valence electrons. The predicted octanol–water partition coefficient (Wildman–Crippen LogP) is 2.21. The van der Waals surface area contributed by atoms with Crippen LogP contribution >= 0.6 is 0 Å². The molecule has 0 spiro atoms. The first-order chi connectivity index (χ1) is 10.6. The molecule has 0 saturated heterocycles. The van der Waals surface area contributed by atoms with E-state index >= 15 is 0 Å². The van der Waals surface area contributed by atoms with Crippen LogP contribution in [0.5, 0.6) is 0 Å². The molecule has 2 aromatic rings. The molecule has 22 heavy (non-hydrogen) atoms. The number of aromatic nitrogens is 2. The van der Waals surface area contributed by atoms with Gasteiger partial charge in [-0.3, -0.25) is 5.32 Å². The second-order valence-corrected chi connectivity index (χ2v) is 5.33. The second kappa shape index (κ2) is 7.51. The van der Waals surface area contributed by atoms with Gasteiger partial charge in [0, 0.05) is 12.7 Å². The van der Waals surface area contributed by atoms with Crippen LogP contribution in [0.1, 0.15) is 17.2 Å². The molecule has 1 atom stereocenters. The summed E-state index contributed by atoms with van der Waals surface area (Å²) in [5.74, 6) is 0.428. The first-order valence-electron chi connectivity index (χ1n) is 7.12. The van der Waals surface area contributed by atoms with E-state index in [4.69, 9.17) is 0 Å². The highest BCUT2D eigenvalue weighted by atomic mass is 16.2. The number of nitrogens with zero attached hydrogens (tertiary/aromatic N) is 3. The standard InChI is InChI=1S/C16H21N5O/c1-12-6-8-13(9-7-12)14(21(2)3)11-17-16(22)19-15-5-4-10-18-20-15/h4-10,14H,11H2,1-3H3,(H2,17,19,20,22). The molecule has 0 fully saturated rings. The van der Waals surface area contributed by atoms with Crippen molar-refractivity contribution in [3.63, 3.8) is 0 Å². The molecule has 0 aliphatic heterocycles. The molecule has 2 amide bonds. The molecule has 0 bridgehead atoms. The zero-order chi connectivity index (χ0) is 15.9. The Labute approximate surface area is 130 Å². The van der Waals surface area contributed by atoms with E-state index < -0.39 is 0 Å². The number of amides is 2. The van der Waals surface area contributed by atoms with Gasteiger partial charge in [0.15, 0.2) is 5.82 Å². The third kappa shape index (κ3) is 4.53. The molecular weight excluding hydrogens is 278 g/mol. The van der Waals surface area contributed by atoms with Crippen molar-refractivity contribution in [3.8, 4) is 0 Å². The highest BCUT2D eigenvalue weighted by Gasteiger charge is 2.15. The average molecular weight is 299 g/mol. The predicted molar refractivity (Wildman–Crippen MR) is 86.7 cm³/mol. The van der Waals surface area contributed by atoms with Crippen LogP contribution in [0, 0.1) is 6.92 Å². The van der Waals surface area contributed by atoms with E-state index in [0.29, 0.717) is 12.4 Å². The summed E-state index contributed by atoms with van der Waals surface area (Å²) in [5.41, 5.74) is 2.38. The molecule has 0 saturated carbocycles. The molecule has 1 aromatic heterocycles. The van der Waals surface area contributed by atoms with Crippen molar-refractivity contribution < 1.29 is 4.79 Å². The summed E-state index contributed by atoms with van der Waals surface area (Å²) in [6.07, 6.45) is 1.56. The first kappa shape index (κ1) is 15.9. The molecule has 6 heteroatoms. The Morgan fingerprint density at radius 2 is 1.95 bits per heavy atom. The van der Waals surface area contributed by atoms with Crippen molar-refractivity contribution in [1.29, 1.82) is 0 Å². The number of carbonyl (C=O) groups is 1. The maximum Gasteiger partial charge on any atom is 0.320 e. The fraction of sp³-hybridized carbons (Fsp3) is 0.312. The van der Waals surface area contributed by atoms with E-state index in [2.05, 4.69) is 56.9 Å². The maximum absolute atomic E-state index is 11.9. The Morgan fingerprint density at radius 3 is 2.55 bits per heavy atom. The monoisotopic (exact) mass is 299 g/mol. The highest BCUT2D eigenvalue weighted by molar-refractivity contribution is 5.88. The molecule has 1 unspecified atom stereocenters. The first-order valence-corrected chi connectivity index (χ1v) is 7.12. The van der Waals surface area contributed by atoms with Gasteiger partial charge < -0.3 is 10.2 Å². The smallest absolute Gasteiger partial charge is 0.320 e. The van der Waals surface area contributed by atoms with E-state index in [1.807, 2.05) is 14.1 Å². The van der Waals surface area contributed by atoms with Crippen molar-refractivity contribution in [1.82, 2.24) is 20.4 Å². The van der Waals surface area contributed by atoms with Crippen LogP contribution in [0.4, 0.5) is 10.6 Å². The lowest BCUT2D eigenvalue weighted by molar-refractivity contribution is 0.243. The van der Waals surface area contributed by atoms with Crippen molar-refractivity contribution in [3.05, 3.63) is 53.7 Å². The van der Waals surface area contributed by atoms with Crippen molar-refractivity contribution in [2.75, 3.05) is 26.0 Å². The number of anilines is 1. The molecule has 0 aliphatic carbocycles. The quantitative estimate of drug-likeness (QED) is 0.888.